The van der Waals surface area contributed by atoms with Crippen LogP contribution in [0.1, 0.15) is 24.2 Å². The van der Waals surface area contributed by atoms with E-state index in [2.05, 4.69) is 4.72 Å². The number of aliphatic hydroxyl groups is 1. The third-order valence-corrected chi connectivity index (χ3v) is 4.72. The number of hydrogen-bond donors (Lipinski definition) is 2. The molecule has 0 saturated carbocycles. The summed E-state index contributed by atoms with van der Waals surface area (Å²) in [6.45, 7) is 1.82. The lowest BCUT2D eigenvalue weighted by Gasteiger charge is -2.09. The van der Waals surface area contributed by atoms with Gasteiger partial charge in [0.15, 0.2) is 0 Å². The van der Waals surface area contributed by atoms with Crippen LogP contribution in [-0.2, 0) is 16.6 Å². The molecule has 0 amide bonds. The summed E-state index contributed by atoms with van der Waals surface area (Å²) in [5.41, 5.74) is 1.50. The number of rotatable bonds is 5. The van der Waals surface area contributed by atoms with Crippen molar-refractivity contribution in [1.29, 1.82) is 0 Å². The summed E-state index contributed by atoms with van der Waals surface area (Å²) in [4.78, 5) is 0.167. The van der Waals surface area contributed by atoms with Gasteiger partial charge in [0.25, 0.3) is 0 Å². The minimum absolute atomic E-state index is 0.167. The number of sulfonamides is 1. The zero-order valence-corrected chi connectivity index (χ0v) is 13.0. The first-order valence-corrected chi connectivity index (χ1v) is 8.27. The lowest BCUT2D eigenvalue weighted by molar-refractivity contribution is 0.199. The molecule has 1 unspecified atom stereocenters. The molecule has 21 heavy (non-hydrogen) atoms. The minimum Gasteiger partial charge on any atom is -0.389 e. The van der Waals surface area contributed by atoms with E-state index in [0.29, 0.717) is 10.6 Å². The molecule has 0 fully saturated rings. The van der Waals surface area contributed by atoms with Gasteiger partial charge in [0.2, 0.25) is 10.0 Å². The summed E-state index contributed by atoms with van der Waals surface area (Å²) in [7, 11) is -3.58. The maximum atomic E-state index is 12.2. The van der Waals surface area contributed by atoms with Crippen LogP contribution in [0.25, 0.3) is 0 Å². The molecule has 1 atom stereocenters. The zero-order chi connectivity index (χ0) is 15.5. The fourth-order valence-corrected chi connectivity index (χ4v) is 2.93. The highest BCUT2D eigenvalue weighted by Crippen LogP contribution is 2.16. The van der Waals surface area contributed by atoms with Crippen LogP contribution in [0.15, 0.2) is 53.4 Å². The molecule has 2 aromatic carbocycles. The van der Waals surface area contributed by atoms with Gasteiger partial charge >= 0.3 is 0 Å². The van der Waals surface area contributed by atoms with E-state index in [9.17, 15) is 13.5 Å². The van der Waals surface area contributed by atoms with Gasteiger partial charge in [-0.15, -0.1) is 0 Å². The van der Waals surface area contributed by atoms with E-state index >= 15 is 0 Å². The molecule has 0 aliphatic rings. The second-order valence-corrected chi connectivity index (χ2v) is 6.90. The predicted molar refractivity (Wildman–Crippen MR) is 82.6 cm³/mol. The lowest BCUT2D eigenvalue weighted by Crippen LogP contribution is -2.23. The summed E-state index contributed by atoms with van der Waals surface area (Å²) >= 11 is 5.78. The standard InChI is InChI=1S/C15H16ClNO3S/c1-11(18)13-4-8-15(9-5-13)21(19,20)17-10-12-2-6-14(16)7-3-12/h2-9,11,17-18H,10H2,1H3. The average molecular weight is 326 g/mol. The molecule has 112 valence electrons. The monoisotopic (exact) mass is 325 g/mol. The first-order chi connectivity index (χ1) is 9.88. The molecule has 6 heteroatoms. The fourth-order valence-electron chi connectivity index (χ4n) is 1.79. The van der Waals surface area contributed by atoms with Crippen molar-refractivity contribution in [2.24, 2.45) is 0 Å². The number of benzene rings is 2. The number of hydrogen-bond acceptors (Lipinski definition) is 3. The van der Waals surface area contributed by atoms with Crippen LogP contribution in [0.5, 0.6) is 0 Å². The molecule has 0 spiro atoms. The number of nitrogens with one attached hydrogen (secondary N) is 1. The third kappa shape index (κ3) is 4.28. The van der Waals surface area contributed by atoms with E-state index in [0.717, 1.165) is 5.56 Å². The van der Waals surface area contributed by atoms with Gasteiger partial charge in [0, 0.05) is 11.6 Å². The molecule has 0 aliphatic carbocycles. The molecular formula is C15H16ClNO3S. The first kappa shape index (κ1) is 16.0. The first-order valence-electron chi connectivity index (χ1n) is 6.40. The van der Waals surface area contributed by atoms with Crippen molar-refractivity contribution in [1.82, 2.24) is 4.72 Å². The van der Waals surface area contributed by atoms with Crippen LogP contribution in [0.2, 0.25) is 5.02 Å². The summed E-state index contributed by atoms with van der Waals surface area (Å²) in [5, 5.41) is 10.0. The van der Waals surface area contributed by atoms with Crippen molar-refractivity contribution in [3.63, 3.8) is 0 Å². The molecule has 4 nitrogen and oxygen atoms in total. The van der Waals surface area contributed by atoms with E-state index in [-0.39, 0.29) is 11.4 Å². The Labute approximate surface area is 129 Å². The van der Waals surface area contributed by atoms with Gasteiger partial charge in [-0.3, -0.25) is 0 Å². The predicted octanol–water partition coefficient (Wildman–Crippen LogP) is 2.87. The molecule has 2 N–H and O–H groups in total. The van der Waals surface area contributed by atoms with Crippen LogP contribution in [0.3, 0.4) is 0 Å². The maximum absolute atomic E-state index is 12.2. The van der Waals surface area contributed by atoms with Crippen LogP contribution in [0.4, 0.5) is 0 Å². The topological polar surface area (TPSA) is 66.4 Å². The Morgan fingerprint density at radius 2 is 1.67 bits per heavy atom. The molecule has 0 radical (unpaired) electrons. The largest absolute Gasteiger partial charge is 0.389 e. The molecule has 0 heterocycles. The van der Waals surface area contributed by atoms with Crippen LogP contribution in [-0.4, -0.2) is 13.5 Å². The number of aliphatic hydroxyl groups excluding tert-OH is 1. The van der Waals surface area contributed by atoms with E-state index in [4.69, 9.17) is 11.6 Å². The highest BCUT2D eigenvalue weighted by molar-refractivity contribution is 7.89. The molecule has 2 aromatic rings. The molecule has 0 bridgehead atoms. The van der Waals surface area contributed by atoms with Crippen molar-refractivity contribution >= 4 is 21.6 Å². The smallest absolute Gasteiger partial charge is 0.240 e. The summed E-state index contributed by atoms with van der Waals surface area (Å²) < 4.78 is 26.8. The Bertz CT molecular complexity index is 695. The highest BCUT2D eigenvalue weighted by atomic mass is 35.5. The summed E-state index contributed by atoms with van der Waals surface area (Å²) in [5.74, 6) is 0. The van der Waals surface area contributed by atoms with Crippen molar-refractivity contribution in [3.05, 3.63) is 64.7 Å². The van der Waals surface area contributed by atoms with Crippen molar-refractivity contribution in [3.8, 4) is 0 Å². The van der Waals surface area contributed by atoms with E-state index in [1.165, 1.54) is 12.1 Å². The lowest BCUT2D eigenvalue weighted by atomic mass is 10.1. The van der Waals surface area contributed by atoms with Crippen LogP contribution in [0, 0.1) is 0 Å². The maximum Gasteiger partial charge on any atom is 0.240 e. The van der Waals surface area contributed by atoms with Crippen LogP contribution >= 0.6 is 11.6 Å². The van der Waals surface area contributed by atoms with Gasteiger partial charge in [0.1, 0.15) is 0 Å². The van der Waals surface area contributed by atoms with E-state index in [1.807, 2.05) is 0 Å². The van der Waals surface area contributed by atoms with Gasteiger partial charge in [-0.25, -0.2) is 13.1 Å². The van der Waals surface area contributed by atoms with Crippen LogP contribution < -0.4 is 4.72 Å². The van der Waals surface area contributed by atoms with Gasteiger partial charge in [0.05, 0.1) is 11.0 Å². The Hall–Kier alpha value is -1.40. The Morgan fingerprint density at radius 3 is 2.19 bits per heavy atom. The average Bonchev–Trinajstić information content (AvgIpc) is 2.47. The third-order valence-electron chi connectivity index (χ3n) is 3.05. The van der Waals surface area contributed by atoms with Crippen molar-refractivity contribution in [2.75, 3.05) is 0 Å². The summed E-state index contributed by atoms with van der Waals surface area (Å²) in [6.07, 6.45) is -0.621. The normalized spacial score (nSPS) is 13.1. The van der Waals surface area contributed by atoms with Gasteiger partial charge in [-0.05, 0) is 42.3 Å². The SMILES string of the molecule is CC(O)c1ccc(S(=O)(=O)NCc2ccc(Cl)cc2)cc1. The Kier molecular flexibility index (Phi) is 5.00. The fraction of sp³-hybridized carbons (Fsp3) is 0.200. The Morgan fingerprint density at radius 1 is 1.10 bits per heavy atom. The van der Waals surface area contributed by atoms with Gasteiger partial charge in [-0.1, -0.05) is 35.9 Å². The van der Waals surface area contributed by atoms with E-state index < -0.39 is 16.1 Å². The van der Waals surface area contributed by atoms with Crippen molar-refractivity contribution in [2.45, 2.75) is 24.5 Å². The molecule has 0 aliphatic heterocycles. The molecule has 2 rings (SSSR count). The Balaban J connectivity index is 2.09. The van der Waals surface area contributed by atoms with Gasteiger partial charge in [-0.2, -0.15) is 0 Å². The number of halogens is 1. The molecular weight excluding hydrogens is 310 g/mol. The second kappa shape index (κ2) is 6.58. The zero-order valence-electron chi connectivity index (χ0n) is 11.5. The highest BCUT2D eigenvalue weighted by Gasteiger charge is 2.14. The van der Waals surface area contributed by atoms with Crippen molar-refractivity contribution < 1.29 is 13.5 Å². The summed E-state index contributed by atoms with van der Waals surface area (Å²) in [6, 6.07) is 13.1. The van der Waals surface area contributed by atoms with Gasteiger partial charge < -0.3 is 5.11 Å². The molecule has 0 saturated heterocycles. The molecule has 0 aromatic heterocycles. The quantitative estimate of drug-likeness (QED) is 0.888. The van der Waals surface area contributed by atoms with E-state index in [1.54, 1.807) is 43.3 Å². The minimum atomic E-state index is -3.58. The second-order valence-electron chi connectivity index (χ2n) is 4.70.